The lowest BCUT2D eigenvalue weighted by Gasteiger charge is -2.17. The van der Waals surface area contributed by atoms with E-state index in [1.807, 2.05) is 18.2 Å². The Hall–Kier alpha value is -3.55. The molecule has 154 valence electrons. The van der Waals surface area contributed by atoms with Crippen LogP contribution in [0, 0.1) is 0 Å². The van der Waals surface area contributed by atoms with Crippen molar-refractivity contribution in [2.24, 2.45) is 0 Å². The Morgan fingerprint density at radius 3 is 2.28 bits per heavy atom. The van der Waals surface area contributed by atoms with Crippen molar-refractivity contribution in [3.8, 4) is 11.5 Å². The van der Waals surface area contributed by atoms with Gasteiger partial charge >= 0.3 is 5.97 Å². The number of rotatable bonds is 9. The number of carbonyl (C=O) groups excluding carboxylic acids is 3. The molecule has 0 aliphatic heterocycles. The number of hydrogen-bond acceptors (Lipinski definition) is 6. The third-order valence-corrected chi connectivity index (χ3v) is 3.98. The minimum Gasteiger partial charge on any atom is -0.493 e. The fourth-order valence-electron chi connectivity index (χ4n) is 2.67. The van der Waals surface area contributed by atoms with Crippen LogP contribution in [0.4, 0.5) is 5.69 Å². The Morgan fingerprint density at radius 1 is 0.966 bits per heavy atom. The van der Waals surface area contributed by atoms with Crippen LogP contribution in [0.25, 0.3) is 0 Å². The fourth-order valence-corrected chi connectivity index (χ4v) is 2.67. The first-order chi connectivity index (χ1) is 13.9. The van der Waals surface area contributed by atoms with Gasteiger partial charge in [-0.2, -0.15) is 0 Å². The van der Waals surface area contributed by atoms with E-state index in [4.69, 9.17) is 14.2 Å². The third kappa shape index (κ3) is 6.84. The van der Waals surface area contributed by atoms with Gasteiger partial charge in [-0.15, -0.1) is 0 Å². The lowest BCUT2D eigenvalue weighted by Crippen LogP contribution is -2.29. The van der Waals surface area contributed by atoms with Crippen LogP contribution < -0.4 is 20.1 Å². The number of carbonyl (C=O) groups is 3. The van der Waals surface area contributed by atoms with Gasteiger partial charge in [-0.3, -0.25) is 14.4 Å². The topological polar surface area (TPSA) is 103 Å². The molecule has 1 atom stereocenters. The summed E-state index contributed by atoms with van der Waals surface area (Å²) in [6.07, 6.45) is -0.0900. The molecule has 0 aromatic heterocycles. The summed E-state index contributed by atoms with van der Waals surface area (Å²) in [5.74, 6) is -0.376. The molecule has 29 heavy (non-hydrogen) atoms. The molecular weight excluding hydrogens is 376 g/mol. The smallest absolute Gasteiger partial charge is 0.308 e. The van der Waals surface area contributed by atoms with E-state index in [1.54, 1.807) is 30.3 Å². The Balaban J connectivity index is 1.90. The van der Waals surface area contributed by atoms with Crippen LogP contribution in [0.5, 0.6) is 11.5 Å². The second-order valence-electron chi connectivity index (χ2n) is 6.15. The first-order valence-electron chi connectivity index (χ1n) is 8.92. The van der Waals surface area contributed by atoms with Crippen LogP contribution in [-0.2, 0) is 19.1 Å². The van der Waals surface area contributed by atoms with Gasteiger partial charge in [0.05, 0.1) is 26.7 Å². The SMILES string of the molecule is COc1ccc(NC(=O)COC(=O)C[C@@H](NC(C)=O)c2ccccc2)cc1OC. The van der Waals surface area contributed by atoms with E-state index >= 15 is 0 Å². The van der Waals surface area contributed by atoms with Crippen molar-refractivity contribution in [1.82, 2.24) is 5.32 Å². The van der Waals surface area contributed by atoms with Crippen LogP contribution in [0.3, 0.4) is 0 Å². The Bertz CT molecular complexity index is 854. The van der Waals surface area contributed by atoms with Crippen LogP contribution in [0.1, 0.15) is 24.9 Å². The van der Waals surface area contributed by atoms with Crippen LogP contribution in [0.2, 0.25) is 0 Å². The highest BCUT2D eigenvalue weighted by atomic mass is 16.5. The van der Waals surface area contributed by atoms with Gasteiger partial charge in [-0.1, -0.05) is 30.3 Å². The lowest BCUT2D eigenvalue weighted by atomic mass is 10.0. The molecule has 0 saturated heterocycles. The Labute approximate surface area is 169 Å². The van der Waals surface area contributed by atoms with Gasteiger partial charge < -0.3 is 24.8 Å². The number of benzene rings is 2. The summed E-state index contributed by atoms with van der Waals surface area (Å²) < 4.78 is 15.4. The maximum Gasteiger partial charge on any atom is 0.308 e. The number of esters is 1. The largest absolute Gasteiger partial charge is 0.493 e. The van der Waals surface area contributed by atoms with E-state index in [1.165, 1.54) is 21.1 Å². The molecule has 0 unspecified atom stereocenters. The first kappa shape index (κ1) is 21.7. The monoisotopic (exact) mass is 400 g/mol. The lowest BCUT2D eigenvalue weighted by molar-refractivity contribution is -0.148. The molecule has 8 nitrogen and oxygen atoms in total. The van der Waals surface area contributed by atoms with Crippen LogP contribution >= 0.6 is 0 Å². The van der Waals surface area contributed by atoms with E-state index in [2.05, 4.69) is 10.6 Å². The molecule has 0 saturated carbocycles. The van der Waals surface area contributed by atoms with Gasteiger partial charge in [-0.25, -0.2) is 0 Å². The van der Waals surface area contributed by atoms with Crippen molar-refractivity contribution in [1.29, 1.82) is 0 Å². The maximum absolute atomic E-state index is 12.2. The van der Waals surface area contributed by atoms with Gasteiger partial charge in [0.25, 0.3) is 5.91 Å². The molecule has 2 N–H and O–H groups in total. The van der Waals surface area contributed by atoms with Crippen molar-refractivity contribution in [3.05, 3.63) is 54.1 Å². The van der Waals surface area contributed by atoms with Crippen molar-refractivity contribution >= 4 is 23.5 Å². The second kappa shape index (κ2) is 10.7. The molecule has 0 aliphatic rings. The average Bonchev–Trinajstić information content (AvgIpc) is 2.72. The summed E-state index contributed by atoms with van der Waals surface area (Å²) in [4.78, 5) is 35.7. The normalized spacial score (nSPS) is 11.1. The maximum atomic E-state index is 12.2. The van der Waals surface area contributed by atoms with Crippen molar-refractivity contribution < 1.29 is 28.6 Å². The van der Waals surface area contributed by atoms with Gasteiger partial charge in [0.15, 0.2) is 18.1 Å². The zero-order valence-electron chi connectivity index (χ0n) is 16.6. The van der Waals surface area contributed by atoms with Crippen molar-refractivity contribution in [3.63, 3.8) is 0 Å². The summed E-state index contributed by atoms with van der Waals surface area (Å²) in [6.45, 7) is 0.923. The molecule has 0 spiro atoms. The number of amides is 2. The highest BCUT2D eigenvalue weighted by Gasteiger charge is 2.19. The zero-order chi connectivity index (χ0) is 21.2. The van der Waals surface area contributed by atoms with E-state index in [-0.39, 0.29) is 12.3 Å². The summed E-state index contributed by atoms with van der Waals surface area (Å²) in [6, 6.07) is 13.4. The molecule has 2 aromatic carbocycles. The molecule has 0 radical (unpaired) electrons. The molecule has 2 amide bonds. The molecule has 0 fully saturated rings. The standard InChI is InChI=1S/C21H24N2O6/c1-14(24)22-17(15-7-5-4-6-8-15)12-21(26)29-13-20(25)23-16-9-10-18(27-2)19(11-16)28-3/h4-11,17H,12-13H2,1-3H3,(H,22,24)(H,23,25)/t17-/m1/s1. The van der Waals surface area contributed by atoms with Crippen molar-refractivity contribution in [2.45, 2.75) is 19.4 Å². The third-order valence-electron chi connectivity index (χ3n) is 3.98. The molecule has 8 heteroatoms. The quantitative estimate of drug-likeness (QED) is 0.627. The summed E-state index contributed by atoms with van der Waals surface area (Å²) in [5, 5.41) is 5.33. The number of anilines is 1. The first-order valence-corrected chi connectivity index (χ1v) is 8.92. The van der Waals surface area contributed by atoms with E-state index in [0.29, 0.717) is 17.2 Å². The molecular formula is C21H24N2O6. The Morgan fingerprint density at radius 2 is 1.66 bits per heavy atom. The van der Waals surface area contributed by atoms with Gasteiger partial charge in [0.1, 0.15) is 0 Å². The van der Waals surface area contributed by atoms with E-state index in [9.17, 15) is 14.4 Å². The molecule has 2 aromatic rings. The summed E-state index contributed by atoms with van der Waals surface area (Å²) in [5.41, 5.74) is 1.25. The fraction of sp³-hybridized carbons (Fsp3) is 0.286. The van der Waals surface area contributed by atoms with E-state index in [0.717, 1.165) is 5.56 Å². The van der Waals surface area contributed by atoms with Gasteiger partial charge in [0.2, 0.25) is 5.91 Å². The van der Waals surface area contributed by atoms with Gasteiger partial charge in [0, 0.05) is 18.7 Å². The van der Waals surface area contributed by atoms with Crippen molar-refractivity contribution in [2.75, 3.05) is 26.1 Å². The highest BCUT2D eigenvalue weighted by molar-refractivity contribution is 5.93. The molecule has 0 bridgehead atoms. The predicted octanol–water partition coefficient (Wildman–Crippen LogP) is 2.45. The molecule has 0 heterocycles. The zero-order valence-corrected chi connectivity index (χ0v) is 16.6. The second-order valence-corrected chi connectivity index (χ2v) is 6.15. The number of nitrogens with one attached hydrogen (secondary N) is 2. The average molecular weight is 400 g/mol. The minimum absolute atomic E-state index is 0.0900. The highest BCUT2D eigenvalue weighted by Crippen LogP contribution is 2.29. The Kier molecular flexibility index (Phi) is 8.02. The van der Waals surface area contributed by atoms with E-state index < -0.39 is 24.5 Å². The molecule has 2 rings (SSSR count). The number of ether oxygens (including phenoxy) is 3. The minimum atomic E-state index is -0.602. The summed E-state index contributed by atoms with van der Waals surface area (Å²) >= 11 is 0. The predicted molar refractivity (Wildman–Crippen MR) is 107 cm³/mol. The number of hydrogen-bond donors (Lipinski definition) is 2. The van der Waals surface area contributed by atoms with Crippen LogP contribution in [0.15, 0.2) is 48.5 Å². The van der Waals surface area contributed by atoms with Gasteiger partial charge in [-0.05, 0) is 17.7 Å². The summed E-state index contributed by atoms with van der Waals surface area (Å²) in [7, 11) is 3.00. The van der Waals surface area contributed by atoms with Crippen LogP contribution in [-0.4, -0.2) is 38.6 Å². The number of methoxy groups -OCH3 is 2. The molecule has 0 aliphatic carbocycles.